The fraction of sp³-hybridized carbons (Fsp3) is 0.717. The zero-order valence-corrected chi connectivity index (χ0v) is 38.5. The first-order valence-electron chi connectivity index (χ1n) is 24.4. The van der Waals surface area contributed by atoms with Crippen LogP contribution in [0, 0.1) is 0 Å². The molecule has 59 heavy (non-hydrogen) atoms. The number of hydrogen-bond acceptors (Lipinski definition) is 6. The van der Waals surface area contributed by atoms with E-state index in [2.05, 4.69) is 93.7 Å². The first-order chi connectivity index (χ1) is 29.0. The molecular weight excluding hydrogens is 733 g/mol. The van der Waals surface area contributed by atoms with Gasteiger partial charge in [-0.25, -0.2) is 0 Å². The average Bonchev–Trinajstić information content (AvgIpc) is 3.23. The summed E-state index contributed by atoms with van der Waals surface area (Å²) in [5.41, 5.74) is 0. The molecule has 0 aromatic rings. The summed E-state index contributed by atoms with van der Waals surface area (Å²) >= 11 is 0. The van der Waals surface area contributed by atoms with Gasteiger partial charge < -0.3 is 14.2 Å². The Labute approximate surface area is 363 Å². The fourth-order valence-corrected chi connectivity index (χ4v) is 6.56. The van der Waals surface area contributed by atoms with Crippen molar-refractivity contribution in [1.82, 2.24) is 0 Å². The molecule has 0 aliphatic carbocycles. The normalized spacial score (nSPS) is 12.7. The summed E-state index contributed by atoms with van der Waals surface area (Å²) in [6.07, 6.45) is 58.9. The molecule has 0 spiro atoms. The van der Waals surface area contributed by atoms with Crippen LogP contribution in [0.3, 0.4) is 0 Å². The molecule has 0 saturated heterocycles. The van der Waals surface area contributed by atoms with E-state index in [0.29, 0.717) is 19.3 Å². The molecule has 0 amide bonds. The number of rotatable bonds is 43. The molecule has 0 rings (SSSR count). The Morgan fingerprint density at radius 1 is 0.356 bits per heavy atom. The van der Waals surface area contributed by atoms with Gasteiger partial charge in [-0.2, -0.15) is 0 Å². The Hall–Kier alpha value is -3.15. The van der Waals surface area contributed by atoms with E-state index in [4.69, 9.17) is 14.2 Å². The first-order valence-corrected chi connectivity index (χ1v) is 24.4. The number of carbonyl (C=O) groups excluding carboxylic acids is 3. The first kappa shape index (κ1) is 55.9. The highest BCUT2D eigenvalue weighted by Gasteiger charge is 2.19. The zero-order chi connectivity index (χ0) is 43.0. The van der Waals surface area contributed by atoms with Crippen molar-refractivity contribution in [1.29, 1.82) is 0 Å². The lowest BCUT2D eigenvalue weighted by atomic mass is 10.1. The number of esters is 3. The SMILES string of the molecule is CC/C=C\C/C=C\C/C=C\C/C=C\C/C=C\C/C=C\CCCCCCC(=O)OCC(COC(=O)CCCCCCCCCCC)OC(=O)CCCCCCCCCCC. The predicted molar refractivity (Wildman–Crippen MR) is 251 cm³/mol. The summed E-state index contributed by atoms with van der Waals surface area (Å²) in [5.74, 6) is -0.915. The van der Waals surface area contributed by atoms with Crippen molar-refractivity contribution in [2.75, 3.05) is 13.2 Å². The second-order valence-electron chi connectivity index (χ2n) is 16.0. The van der Waals surface area contributed by atoms with Crippen molar-refractivity contribution in [3.63, 3.8) is 0 Å². The lowest BCUT2D eigenvalue weighted by molar-refractivity contribution is -0.167. The maximum atomic E-state index is 12.7. The van der Waals surface area contributed by atoms with Crippen molar-refractivity contribution < 1.29 is 28.6 Å². The molecule has 0 aliphatic rings. The fourth-order valence-electron chi connectivity index (χ4n) is 6.56. The summed E-state index contributed by atoms with van der Waals surface area (Å²) < 4.78 is 16.7. The van der Waals surface area contributed by atoms with Crippen LogP contribution in [-0.4, -0.2) is 37.2 Å². The molecule has 1 unspecified atom stereocenters. The van der Waals surface area contributed by atoms with Gasteiger partial charge in [-0.1, -0.05) is 209 Å². The number of unbranched alkanes of at least 4 members (excludes halogenated alkanes) is 20. The smallest absolute Gasteiger partial charge is 0.306 e. The Balaban J connectivity index is 4.28. The van der Waals surface area contributed by atoms with Crippen LogP contribution in [0.5, 0.6) is 0 Å². The Bertz CT molecular complexity index is 1130. The van der Waals surface area contributed by atoms with Crippen LogP contribution in [0.4, 0.5) is 0 Å². The molecule has 0 heterocycles. The third-order valence-electron chi connectivity index (χ3n) is 10.2. The standard InChI is InChI=1S/C53H90O6/c1-4-7-10-13-16-19-20-21-22-23-24-25-26-27-28-29-30-31-32-35-37-40-43-46-52(55)58-49-50(59-53(56)47-44-41-38-34-18-15-12-9-6-3)48-57-51(54)45-42-39-36-33-17-14-11-8-5-2/h7,10,16,19,21-22,24-25,27-28,30-31,50H,4-6,8-9,11-15,17-18,20,23,26,29,32-49H2,1-3H3/b10-7-,19-16-,22-21-,25-24-,28-27-,31-30-. The van der Waals surface area contributed by atoms with E-state index in [1.165, 1.54) is 77.0 Å². The van der Waals surface area contributed by atoms with Gasteiger partial charge in [0.15, 0.2) is 6.10 Å². The Kier molecular flexibility index (Phi) is 45.0. The maximum absolute atomic E-state index is 12.7. The summed E-state index contributed by atoms with van der Waals surface area (Å²) in [7, 11) is 0. The number of hydrogen-bond donors (Lipinski definition) is 0. The molecule has 0 aromatic heterocycles. The minimum Gasteiger partial charge on any atom is -0.462 e. The van der Waals surface area contributed by atoms with Gasteiger partial charge in [0.2, 0.25) is 0 Å². The van der Waals surface area contributed by atoms with E-state index in [-0.39, 0.29) is 31.1 Å². The molecule has 0 fully saturated rings. The highest BCUT2D eigenvalue weighted by molar-refractivity contribution is 5.71. The van der Waals surface area contributed by atoms with Gasteiger partial charge in [0.05, 0.1) is 0 Å². The van der Waals surface area contributed by atoms with Crippen LogP contribution in [0.25, 0.3) is 0 Å². The van der Waals surface area contributed by atoms with Crippen LogP contribution < -0.4 is 0 Å². The molecule has 0 N–H and O–H groups in total. The van der Waals surface area contributed by atoms with Crippen molar-refractivity contribution >= 4 is 17.9 Å². The maximum Gasteiger partial charge on any atom is 0.306 e. The van der Waals surface area contributed by atoms with Gasteiger partial charge in [0.1, 0.15) is 13.2 Å². The highest BCUT2D eigenvalue weighted by Crippen LogP contribution is 2.14. The van der Waals surface area contributed by atoms with E-state index < -0.39 is 6.10 Å². The van der Waals surface area contributed by atoms with E-state index in [1.54, 1.807) is 0 Å². The van der Waals surface area contributed by atoms with E-state index in [1.807, 2.05) is 0 Å². The molecule has 0 radical (unpaired) electrons. The van der Waals surface area contributed by atoms with E-state index >= 15 is 0 Å². The molecule has 0 aromatic carbocycles. The van der Waals surface area contributed by atoms with Gasteiger partial charge in [-0.15, -0.1) is 0 Å². The quantitative estimate of drug-likeness (QED) is 0.0264. The summed E-state index contributed by atoms with van der Waals surface area (Å²) in [4.78, 5) is 37.7. The molecule has 1 atom stereocenters. The second kappa shape index (κ2) is 47.5. The molecule has 0 aliphatic heterocycles. The Morgan fingerprint density at radius 2 is 0.661 bits per heavy atom. The zero-order valence-electron chi connectivity index (χ0n) is 38.5. The van der Waals surface area contributed by atoms with E-state index in [0.717, 1.165) is 109 Å². The van der Waals surface area contributed by atoms with Crippen LogP contribution in [-0.2, 0) is 28.6 Å². The molecular formula is C53H90O6. The van der Waals surface area contributed by atoms with Crippen LogP contribution >= 0.6 is 0 Å². The van der Waals surface area contributed by atoms with Crippen molar-refractivity contribution in [3.05, 3.63) is 72.9 Å². The Morgan fingerprint density at radius 3 is 1.03 bits per heavy atom. The largest absolute Gasteiger partial charge is 0.462 e. The highest BCUT2D eigenvalue weighted by atomic mass is 16.6. The van der Waals surface area contributed by atoms with Crippen molar-refractivity contribution in [3.8, 4) is 0 Å². The minimum atomic E-state index is -0.779. The van der Waals surface area contributed by atoms with E-state index in [9.17, 15) is 14.4 Å². The average molecular weight is 823 g/mol. The van der Waals surface area contributed by atoms with Gasteiger partial charge >= 0.3 is 17.9 Å². The van der Waals surface area contributed by atoms with Crippen LogP contribution in [0.15, 0.2) is 72.9 Å². The molecule has 0 saturated carbocycles. The summed E-state index contributed by atoms with van der Waals surface area (Å²) in [5, 5.41) is 0. The van der Waals surface area contributed by atoms with Crippen LogP contribution in [0.1, 0.15) is 226 Å². The topological polar surface area (TPSA) is 78.9 Å². The second-order valence-corrected chi connectivity index (χ2v) is 16.0. The van der Waals surface area contributed by atoms with Gasteiger partial charge in [-0.3, -0.25) is 14.4 Å². The molecule has 6 nitrogen and oxygen atoms in total. The minimum absolute atomic E-state index is 0.0817. The van der Waals surface area contributed by atoms with Crippen molar-refractivity contribution in [2.24, 2.45) is 0 Å². The lowest BCUT2D eigenvalue weighted by Gasteiger charge is -2.18. The van der Waals surface area contributed by atoms with Gasteiger partial charge in [0, 0.05) is 19.3 Å². The molecule has 338 valence electrons. The monoisotopic (exact) mass is 823 g/mol. The third-order valence-corrected chi connectivity index (χ3v) is 10.2. The summed E-state index contributed by atoms with van der Waals surface area (Å²) in [6, 6.07) is 0. The van der Waals surface area contributed by atoms with Crippen molar-refractivity contribution in [2.45, 2.75) is 232 Å². The van der Waals surface area contributed by atoms with Gasteiger partial charge in [-0.05, 0) is 70.6 Å². The number of allylic oxidation sites excluding steroid dienone is 12. The van der Waals surface area contributed by atoms with Crippen LogP contribution in [0.2, 0.25) is 0 Å². The molecule has 0 bridgehead atoms. The predicted octanol–water partition coefficient (Wildman–Crippen LogP) is 15.9. The third kappa shape index (κ3) is 45.8. The molecule has 6 heteroatoms. The summed E-state index contributed by atoms with van der Waals surface area (Å²) in [6.45, 7) is 6.45. The number of ether oxygens (including phenoxy) is 3. The lowest BCUT2D eigenvalue weighted by Crippen LogP contribution is -2.30. The number of carbonyl (C=O) groups is 3. The van der Waals surface area contributed by atoms with Gasteiger partial charge in [0.25, 0.3) is 0 Å².